The Bertz CT molecular complexity index is 1020. The average molecular weight is 533 g/mol. The van der Waals surface area contributed by atoms with Crippen molar-refractivity contribution >= 4 is 29.5 Å². The van der Waals surface area contributed by atoms with Crippen molar-refractivity contribution in [3.05, 3.63) is 69.9 Å². The van der Waals surface area contributed by atoms with Gasteiger partial charge in [-0.2, -0.15) is 28.8 Å². The molecule has 0 radical (unpaired) electrons. The number of nitriles is 1. The van der Waals surface area contributed by atoms with Crippen LogP contribution in [-0.2, 0) is 11.5 Å². The summed E-state index contributed by atoms with van der Waals surface area (Å²) in [6.45, 7) is 4.21. The van der Waals surface area contributed by atoms with Gasteiger partial charge in [0.15, 0.2) is 5.82 Å². The molecule has 194 valence electrons. The van der Waals surface area contributed by atoms with E-state index in [0.717, 1.165) is 46.3 Å². The van der Waals surface area contributed by atoms with E-state index in [0.29, 0.717) is 38.4 Å². The van der Waals surface area contributed by atoms with E-state index in [1.807, 2.05) is 30.0 Å². The summed E-state index contributed by atoms with van der Waals surface area (Å²) in [6.07, 6.45) is 6.75. The lowest BCUT2D eigenvalue weighted by Crippen LogP contribution is -2.40. The van der Waals surface area contributed by atoms with Gasteiger partial charge in [0, 0.05) is 61.1 Å². The van der Waals surface area contributed by atoms with Gasteiger partial charge in [0.25, 0.3) is 6.20 Å². The molecule has 2 aromatic heterocycles. The van der Waals surface area contributed by atoms with Crippen LogP contribution in [-0.4, -0.2) is 68.4 Å². The first-order valence-electron chi connectivity index (χ1n) is 11.3. The quantitative estimate of drug-likeness (QED) is 0.0586. The average Bonchev–Trinajstić information content (AvgIpc) is 3.27. The number of nitro groups is 1. The molecule has 0 unspecified atom stereocenters. The van der Waals surface area contributed by atoms with Gasteiger partial charge in [0.2, 0.25) is 12.2 Å². The van der Waals surface area contributed by atoms with Gasteiger partial charge in [-0.05, 0) is 25.5 Å². The van der Waals surface area contributed by atoms with Crippen molar-refractivity contribution < 1.29 is 4.92 Å². The highest BCUT2D eigenvalue weighted by Crippen LogP contribution is 2.12. The van der Waals surface area contributed by atoms with Crippen LogP contribution in [0.3, 0.4) is 0 Å². The van der Waals surface area contributed by atoms with Crippen LogP contribution in [0.4, 0.5) is 0 Å². The van der Waals surface area contributed by atoms with E-state index in [9.17, 15) is 10.1 Å². The second-order valence-corrected chi connectivity index (χ2v) is 9.70. The Morgan fingerprint density at radius 3 is 2.78 bits per heavy atom. The molecule has 0 bridgehead atoms. The van der Waals surface area contributed by atoms with Crippen molar-refractivity contribution in [2.45, 2.75) is 24.9 Å². The second kappa shape index (κ2) is 17.1. The Balaban J connectivity index is 1.71. The van der Waals surface area contributed by atoms with Gasteiger partial charge >= 0.3 is 0 Å². The topological polar surface area (TPSA) is 174 Å². The summed E-state index contributed by atoms with van der Waals surface area (Å²) in [6, 6.07) is 5.81. The molecule has 2 aromatic rings. The summed E-state index contributed by atoms with van der Waals surface area (Å²) in [4.78, 5) is 27.6. The van der Waals surface area contributed by atoms with E-state index in [1.165, 1.54) is 0 Å². The fourth-order valence-corrected chi connectivity index (χ4v) is 4.76. The summed E-state index contributed by atoms with van der Waals surface area (Å²) in [5, 5.41) is 26.0. The lowest BCUT2D eigenvalue weighted by atomic mass is 10.3. The Labute approximate surface area is 219 Å². The van der Waals surface area contributed by atoms with Gasteiger partial charge in [0.1, 0.15) is 0 Å². The second-order valence-electron chi connectivity index (χ2n) is 7.49. The van der Waals surface area contributed by atoms with E-state index in [-0.39, 0.29) is 5.96 Å². The van der Waals surface area contributed by atoms with E-state index in [4.69, 9.17) is 11.0 Å². The highest BCUT2D eigenvalue weighted by Gasteiger charge is 2.09. The number of imidazole rings is 1. The smallest absolute Gasteiger partial charge is 0.274 e. The molecule has 5 N–H and O–H groups in total. The molecule has 0 saturated carbocycles. The number of nitrogens with zero attached hydrogens (tertiary/aromatic N) is 6. The van der Waals surface area contributed by atoms with Crippen LogP contribution in [0.2, 0.25) is 0 Å². The van der Waals surface area contributed by atoms with Crippen molar-refractivity contribution in [2.75, 3.05) is 37.7 Å². The number of thioether (sulfide) groups is 2. The van der Waals surface area contributed by atoms with E-state index >= 15 is 0 Å². The van der Waals surface area contributed by atoms with Gasteiger partial charge in [0.05, 0.1) is 22.6 Å². The largest absolute Gasteiger partial charge is 0.369 e. The van der Waals surface area contributed by atoms with Gasteiger partial charge in [-0.25, -0.2) is 4.98 Å². The molecule has 0 atom stereocenters. The zero-order chi connectivity index (χ0) is 26.0. The number of rotatable bonds is 17. The third-order valence-corrected chi connectivity index (χ3v) is 6.80. The Morgan fingerprint density at radius 2 is 2.08 bits per heavy atom. The minimum atomic E-state index is -0.488. The molecule has 0 saturated heterocycles. The summed E-state index contributed by atoms with van der Waals surface area (Å²) < 4.78 is 0. The number of nitrogens with one attached hydrogen (secondary N) is 3. The zero-order valence-corrected chi connectivity index (χ0v) is 21.9. The van der Waals surface area contributed by atoms with Crippen LogP contribution in [0.5, 0.6) is 0 Å². The molecule has 0 aliphatic carbocycles. The highest BCUT2D eigenvalue weighted by atomic mass is 32.2. The molecule has 0 aliphatic rings. The highest BCUT2D eigenvalue weighted by molar-refractivity contribution is 7.98. The van der Waals surface area contributed by atoms with Gasteiger partial charge in [-0.1, -0.05) is 6.07 Å². The fourth-order valence-electron chi connectivity index (χ4n) is 3.01. The van der Waals surface area contributed by atoms with E-state index in [2.05, 4.69) is 30.6 Å². The van der Waals surface area contributed by atoms with Crippen molar-refractivity contribution in [2.24, 2.45) is 10.7 Å². The predicted molar refractivity (Wildman–Crippen MR) is 144 cm³/mol. The van der Waals surface area contributed by atoms with E-state index in [1.54, 1.807) is 42.2 Å². The number of hydrogen-bond acceptors (Lipinski definition) is 10. The third-order valence-electron chi connectivity index (χ3n) is 4.86. The van der Waals surface area contributed by atoms with Gasteiger partial charge in [-0.15, -0.1) is 4.99 Å². The van der Waals surface area contributed by atoms with Crippen molar-refractivity contribution in [3.8, 4) is 6.19 Å². The number of nitrogens with two attached hydrogens (primary N) is 1. The van der Waals surface area contributed by atoms with Crippen LogP contribution in [0, 0.1) is 28.5 Å². The molecule has 2 rings (SSSR count). The number of aliphatic imine (C=N–C) groups is 1. The minimum Gasteiger partial charge on any atom is -0.369 e. The summed E-state index contributed by atoms with van der Waals surface area (Å²) >= 11 is 3.42. The molecular weight excluding hydrogens is 500 g/mol. The van der Waals surface area contributed by atoms with Crippen LogP contribution in [0.1, 0.15) is 23.5 Å². The monoisotopic (exact) mass is 532 g/mol. The maximum atomic E-state index is 11.0. The number of pyridine rings is 1. The molecule has 0 aliphatic heterocycles. The number of H-pyrrole nitrogens is 1. The molecule has 12 nitrogen and oxygen atoms in total. The summed E-state index contributed by atoms with van der Waals surface area (Å²) in [5.41, 5.74) is 9.02. The molecule has 2 heterocycles. The summed E-state index contributed by atoms with van der Waals surface area (Å²) in [5.74, 6) is 3.64. The Morgan fingerprint density at radius 1 is 1.28 bits per heavy atom. The molecular formula is C22H32N10O2S2. The van der Waals surface area contributed by atoms with Crippen molar-refractivity contribution in [3.63, 3.8) is 0 Å². The minimum absolute atomic E-state index is 0.166. The standard InChI is InChI=1S/C22H32N10O2S2/c1-18-20(30-17-29-18)15-35-11-8-27-21(13-32(33)34)26-7-4-9-31(22(24)28-16-23)10-12-36-14-19-5-2-3-6-25-19/h2-3,5-6,13,17,26-27H,4,7-12,14-15H2,1H3,(H2,24,28)(H,29,30). The molecule has 14 heteroatoms. The molecule has 36 heavy (non-hydrogen) atoms. The lowest BCUT2D eigenvalue weighted by Gasteiger charge is -2.23. The number of aromatic amines is 1. The van der Waals surface area contributed by atoms with Crippen LogP contribution >= 0.6 is 23.5 Å². The lowest BCUT2D eigenvalue weighted by molar-refractivity contribution is -0.404. The number of guanidine groups is 1. The van der Waals surface area contributed by atoms with Gasteiger partial charge < -0.3 is 26.3 Å². The van der Waals surface area contributed by atoms with E-state index < -0.39 is 4.92 Å². The number of aromatic nitrogens is 3. The molecule has 0 amide bonds. The third kappa shape index (κ3) is 11.8. The first-order chi connectivity index (χ1) is 17.5. The first kappa shape index (κ1) is 28.8. The molecule has 0 aromatic carbocycles. The zero-order valence-electron chi connectivity index (χ0n) is 20.2. The Kier molecular flexibility index (Phi) is 13.6. The summed E-state index contributed by atoms with van der Waals surface area (Å²) in [7, 11) is 0. The molecule has 0 fully saturated rings. The molecule has 0 spiro atoms. The first-order valence-corrected chi connectivity index (χ1v) is 13.6. The van der Waals surface area contributed by atoms with Crippen LogP contribution < -0.4 is 16.4 Å². The maximum Gasteiger partial charge on any atom is 0.274 e. The fraction of sp³-hybridized carbons (Fsp3) is 0.455. The normalized spacial score (nSPS) is 11.7. The number of aryl methyl sites for hydroxylation is 1. The maximum absolute atomic E-state index is 11.0. The van der Waals surface area contributed by atoms with Gasteiger partial charge in [-0.3, -0.25) is 15.1 Å². The van der Waals surface area contributed by atoms with Crippen molar-refractivity contribution in [1.29, 1.82) is 5.26 Å². The number of hydrogen-bond donors (Lipinski definition) is 4. The van der Waals surface area contributed by atoms with Crippen LogP contribution in [0.15, 0.2) is 47.7 Å². The van der Waals surface area contributed by atoms with Crippen molar-refractivity contribution in [1.82, 2.24) is 30.5 Å². The Hall–Kier alpha value is -3.44. The van der Waals surface area contributed by atoms with Crippen LogP contribution in [0.25, 0.3) is 0 Å². The predicted octanol–water partition coefficient (Wildman–Crippen LogP) is 2.02. The SMILES string of the molecule is Cc1[nH]cnc1CSCCNC(=C[N+](=O)[O-])NCCCN(CCSCc1ccccn1)C(N)=NC#N.